The Bertz CT molecular complexity index is 645. The van der Waals surface area contributed by atoms with E-state index in [4.69, 9.17) is 5.73 Å². The lowest BCUT2D eigenvalue weighted by Gasteiger charge is -2.12. The fourth-order valence-electron chi connectivity index (χ4n) is 2.35. The van der Waals surface area contributed by atoms with Crippen LogP contribution in [0, 0.1) is 20.8 Å². The molecule has 0 saturated carbocycles. The molecule has 0 bridgehead atoms. The average molecular weight is 282 g/mol. The van der Waals surface area contributed by atoms with Crippen molar-refractivity contribution < 1.29 is 4.79 Å². The van der Waals surface area contributed by atoms with Crippen LogP contribution in [0.4, 0.5) is 5.69 Å². The second-order valence-electron chi connectivity index (χ2n) is 5.56. The van der Waals surface area contributed by atoms with Crippen LogP contribution in [0.2, 0.25) is 0 Å². The van der Waals surface area contributed by atoms with E-state index in [9.17, 15) is 4.79 Å². The smallest absolute Gasteiger partial charge is 0.221 e. The van der Waals surface area contributed by atoms with Crippen molar-refractivity contribution in [2.45, 2.75) is 33.7 Å². The van der Waals surface area contributed by atoms with Crippen LogP contribution >= 0.6 is 0 Å². The molecule has 2 rings (SSSR count). The van der Waals surface area contributed by atoms with Crippen molar-refractivity contribution in [2.75, 3.05) is 5.32 Å². The number of nitrogens with two attached hydrogens (primary N) is 1. The summed E-state index contributed by atoms with van der Waals surface area (Å²) in [7, 11) is 0. The normalized spacial score (nSPS) is 10.4. The van der Waals surface area contributed by atoms with Crippen LogP contribution in [0.1, 0.15) is 27.8 Å². The van der Waals surface area contributed by atoms with Crippen LogP contribution in [0.3, 0.4) is 0 Å². The Morgan fingerprint density at radius 3 is 2.24 bits per heavy atom. The molecule has 0 aliphatic rings. The highest BCUT2D eigenvalue weighted by atomic mass is 16.1. The zero-order chi connectivity index (χ0) is 15.4. The number of nitrogens with one attached hydrogen (secondary N) is 1. The van der Waals surface area contributed by atoms with Crippen molar-refractivity contribution in [3.8, 4) is 0 Å². The van der Waals surface area contributed by atoms with Crippen LogP contribution in [0.5, 0.6) is 0 Å². The summed E-state index contributed by atoms with van der Waals surface area (Å²) >= 11 is 0. The molecule has 1 amide bonds. The predicted molar refractivity (Wildman–Crippen MR) is 87.3 cm³/mol. The lowest BCUT2D eigenvalue weighted by molar-refractivity contribution is -0.117. The number of aryl methyl sites for hydroxylation is 3. The zero-order valence-electron chi connectivity index (χ0n) is 12.9. The van der Waals surface area contributed by atoms with E-state index in [-0.39, 0.29) is 12.3 Å². The van der Waals surface area contributed by atoms with E-state index in [0.29, 0.717) is 0 Å². The maximum atomic E-state index is 10.9. The fourth-order valence-corrected chi connectivity index (χ4v) is 2.35. The van der Waals surface area contributed by atoms with Crippen molar-refractivity contribution in [2.24, 2.45) is 5.73 Å². The minimum absolute atomic E-state index is 0.288. The largest absolute Gasteiger partial charge is 0.381 e. The van der Waals surface area contributed by atoms with Gasteiger partial charge < -0.3 is 11.1 Å². The first-order valence-electron chi connectivity index (χ1n) is 7.13. The van der Waals surface area contributed by atoms with Gasteiger partial charge in [0.2, 0.25) is 5.91 Å². The number of rotatable bonds is 5. The molecular weight excluding hydrogens is 260 g/mol. The Hall–Kier alpha value is -2.29. The molecule has 21 heavy (non-hydrogen) atoms. The molecule has 110 valence electrons. The SMILES string of the molecule is Cc1cc(C)c(CNc2ccc(CC(N)=O)cc2)cc1C. The predicted octanol–water partition coefficient (Wildman–Crippen LogP) is 3.25. The van der Waals surface area contributed by atoms with Gasteiger partial charge in [-0.2, -0.15) is 0 Å². The molecule has 0 unspecified atom stereocenters. The molecule has 0 atom stereocenters. The van der Waals surface area contributed by atoms with Crippen molar-refractivity contribution in [1.82, 2.24) is 0 Å². The summed E-state index contributed by atoms with van der Waals surface area (Å²) in [6.45, 7) is 7.20. The monoisotopic (exact) mass is 282 g/mol. The van der Waals surface area contributed by atoms with Gasteiger partial charge in [0.25, 0.3) is 0 Å². The van der Waals surface area contributed by atoms with E-state index in [1.807, 2.05) is 24.3 Å². The van der Waals surface area contributed by atoms with E-state index >= 15 is 0 Å². The summed E-state index contributed by atoms with van der Waals surface area (Å²) < 4.78 is 0. The minimum atomic E-state index is -0.304. The van der Waals surface area contributed by atoms with Crippen LogP contribution in [0.25, 0.3) is 0 Å². The third-order valence-corrected chi connectivity index (χ3v) is 3.77. The molecule has 2 aromatic rings. The average Bonchev–Trinajstić information content (AvgIpc) is 2.42. The van der Waals surface area contributed by atoms with E-state index in [2.05, 4.69) is 38.2 Å². The summed E-state index contributed by atoms with van der Waals surface area (Å²) in [6.07, 6.45) is 0.288. The Balaban J connectivity index is 2.03. The maximum Gasteiger partial charge on any atom is 0.221 e. The molecule has 0 aliphatic heterocycles. The number of primary amides is 1. The standard InChI is InChI=1S/C18H22N2O/c1-12-8-14(3)16(9-13(12)2)11-20-17-6-4-15(5-7-17)10-18(19)21/h4-9,20H,10-11H2,1-3H3,(H2,19,21). The summed E-state index contributed by atoms with van der Waals surface area (Å²) in [4.78, 5) is 10.9. The van der Waals surface area contributed by atoms with Gasteiger partial charge in [0.05, 0.1) is 6.42 Å². The van der Waals surface area contributed by atoms with Crippen LogP contribution in [-0.4, -0.2) is 5.91 Å². The van der Waals surface area contributed by atoms with Crippen LogP contribution in [0.15, 0.2) is 36.4 Å². The highest BCUT2D eigenvalue weighted by molar-refractivity contribution is 5.76. The topological polar surface area (TPSA) is 55.1 Å². The Kier molecular flexibility index (Phi) is 4.63. The number of hydrogen-bond donors (Lipinski definition) is 2. The molecular formula is C18H22N2O. The molecule has 0 radical (unpaired) electrons. The second kappa shape index (κ2) is 6.44. The number of amides is 1. The van der Waals surface area contributed by atoms with Gasteiger partial charge >= 0.3 is 0 Å². The molecule has 0 saturated heterocycles. The van der Waals surface area contributed by atoms with Crippen molar-refractivity contribution >= 4 is 11.6 Å². The van der Waals surface area contributed by atoms with E-state index < -0.39 is 0 Å². The highest BCUT2D eigenvalue weighted by Gasteiger charge is 2.03. The Morgan fingerprint density at radius 1 is 1.00 bits per heavy atom. The lowest BCUT2D eigenvalue weighted by Crippen LogP contribution is -2.13. The molecule has 3 N–H and O–H groups in total. The van der Waals surface area contributed by atoms with Crippen LogP contribution in [-0.2, 0) is 17.8 Å². The third-order valence-electron chi connectivity index (χ3n) is 3.77. The molecule has 2 aromatic carbocycles. The van der Waals surface area contributed by atoms with Gasteiger partial charge in [0.15, 0.2) is 0 Å². The van der Waals surface area contributed by atoms with Gasteiger partial charge in [-0.1, -0.05) is 24.3 Å². The Labute approximate surface area is 126 Å². The van der Waals surface area contributed by atoms with Gasteiger partial charge in [-0.05, 0) is 60.7 Å². The van der Waals surface area contributed by atoms with Crippen molar-refractivity contribution in [3.05, 3.63) is 64.2 Å². The quantitative estimate of drug-likeness (QED) is 0.884. The zero-order valence-corrected chi connectivity index (χ0v) is 12.9. The number of benzene rings is 2. The van der Waals surface area contributed by atoms with E-state index in [0.717, 1.165) is 17.8 Å². The van der Waals surface area contributed by atoms with Gasteiger partial charge in [-0.25, -0.2) is 0 Å². The first-order valence-corrected chi connectivity index (χ1v) is 7.13. The molecule has 0 fully saturated rings. The molecule has 0 aliphatic carbocycles. The van der Waals surface area contributed by atoms with Gasteiger partial charge in [-0.3, -0.25) is 4.79 Å². The fraction of sp³-hybridized carbons (Fsp3) is 0.278. The van der Waals surface area contributed by atoms with Crippen LogP contribution < -0.4 is 11.1 Å². The number of anilines is 1. The molecule has 3 nitrogen and oxygen atoms in total. The summed E-state index contributed by atoms with van der Waals surface area (Å²) in [6, 6.07) is 12.3. The number of hydrogen-bond acceptors (Lipinski definition) is 2. The van der Waals surface area contributed by atoms with Crippen molar-refractivity contribution in [3.63, 3.8) is 0 Å². The lowest BCUT2D eigenvalue weighted by atomic mass is 10.0. The molecule has 0 spiro atoms. The Morgan fingerprint density at radius 2 is 1.62 bits per heavy atom. The molecule has 3 heteroatoms. The van der Waals surface area contributed by atoms with E-state index in [1.54, 1.807) is 0 Å². The summed E-state index contributed by atoms with van der Waals surface area (Å²) in [5.74, 6) is -0.304. The highest BCUT2D eigenvalue weighted by Crippen LogP contribution is 2.17. The van der Waals surface area contributed by atoms with Crippen molar-refractivity contribution in [1.29, 1.82) is 0 Å². The van der Waals surface area contributed by atoms with Gasteiger partial charge in [0.1, 0.15) is 0 Å². The minimum Gasteiger partial charge on any atom is -0.381 e. The third kappa shape index (κ3) is 4.09. The summed E-state index contributed by atoms with van der Waals surface area (Å²) in [5, 5.41) is 3.41. The first-order chi connectivity index (χ1) is 9.95. The van der Waals surface area contributed by atoms with Gasteiger partial charge in [0, 0.05) is 12.2 Å². The summed E-state index contributed by atoms with van der Waals surface area (Å²) in [5.41, 5.74) is 12.4. The molecule has 0 aromatic heterocycles. The molecule has 0 heterocycles. The maximum absolute atomic E-state index is 10.9. The van der Waals surface area contributed by atoms with Gasteiger partial charge in [-0.15, -0.1) is 0 Å². The second-order valence-corrected chi connectivity index (χ2v) is 5.56. The first kappa shape index (κ1) is 15.1. The number of carbonyl (C=O) groups excluding carboxylic acids is 1. The number of carbonyl (C=O) groups is 1. The van der Waals surface area contributed by atoms with E-state index in [1.165, 1.54) is 22.3 Å².